The first-order valence-corrected chi connectivity index (χ1v) is 34.5. The highest BCUT2D eigenvalue weighted by atomic mass is 15.1. The standard InChI is InChI=1S/C50H32N2.C46H30N2/c1-2-13-38(14-3-1)51(39-25-22-34(23-26-39)37-21-20-33-10-4-5-11-36(33)32-37)40-27-29-41(30-28-40)52-46-19-9-18-45-43-16-7-6-15-42(43)44-17-8-12-35-24-31-47(52)50(48(35)44)49(45)46;1-3-11-31(12-4-1)32-21-24-35(25-22-32)47(34-14-5-2-6-15-34)36-26-28-37(29-27-36)48-42-20-10-19-41-39-17-8-7-16-38(39)40-18-9-13-33-23-30-43(48)46(44(33)40)45(41)42/h1-32H;1-30H. The van der Waals surface area contributed by atoms with E-state index in [9.17, 15) is 0 Å². The van der Waals surface area contributed by atoms with Gasteiger partial charge in [0.1, 0.15) is 0 Å². The highest BCUT2D eigenvalue weighted by Crippen LogP contribution is 2.52. The van der Waals surface area contributed by atoms with Crippen molar-refractivity contribution in [3.8, 4) is 78.1 Å². The summed E-state index contributed by atoms with van der Waals surface area (Å²) in [6.07, 6.45) is 0. The van der Waals surface area contributed by atoms with E-state index in [4.69, 9.17) is 0 Å². The van der Waals surface area contributed by atoms with E-state index in [1.807, 2.05) is 0 Å². The van der Waals surface area contributed by atoms with E-state index in [0.29, 0.717) is 0 Å². The van der Waals surface area contributed by atoms with Gasteiger partial charge in [0, 0.05) is 67.0 Å². The number of nitrogens with zero attached hydrogens (tertiary/aromatic N) is 4. The summed E-state index contributed by atoms with van der Waals surface area (Å²) < 4.78 is 4.90. The van der Waals surface area contributed by atoms with Gasteiger partial charge < -0.3 is 18.9 Å². The zero-order chi connectivity index (χ0) is 65.8. The van der Waals surface area contributed by atoms with Crippen LogP contribution in [0.15, 0.2) is 376 Å². The maximum Gasteiger partial charge on any atom is 0.0547 e. The summed E-state index contributed by atoms with van der Waals surface area (Å²) in [4.78, 5) is 4.67. The largest absolute Gasteiger partial charge is 0.311 e. The monoisotopic (exact) mass is 1270 g/mol. The third-order valence-corrected chi connectivity index (χ3v) is 20.8. The summed E-state index contributed by atoms with van der Waals surface area (Å²) in [5.41, 5.74) is 29.1. The molecule has 0 aliphatic heterocycles. The lowest BCUT2D eigenvalue weighted by atomic mass is 9.93. The number of hydrogen-bond acceptors (Lipinski definition) is 2. The molecule has 0 saturated heterocycles. The first-order valence-electron chi connectivity index (χ1n) is 34.5. The molecule has 0 amide bonds. The van der Waals surface area contributed by atoms with Gasteiger partial charge in [-0.15, -0.1) is 0 Å². The van der Waals surface area contributed by atoms with Crippen LogP contribution < -0.4 is 9.80 Å². The molecule has 0 spiro atoms. The molecule has 4 nitrogen and oxygen atoms in total. The molecule has 0 radical (unpaired) electrons. The second-order valence-corrected chi connectivity index (χ2v) is 26.3. The fourth-order valence-electron chi connectivity index (χ4n) is 16.4. The number of benzene rings is 17. The molecular weight excluding hydrogens is 1210 g/mol. The van der Waals surface area contributed by atoms with Crippen LogP contribution in [0.25, 0.3) is 154 Å². The number of fused-ring (bicyclic) bond motifs is 7. The molecule has 21 rings (SSSR count). The Morgan fingerprint density at radius 3 is 0.890 bits per heavy atom. The van der Waals surface area contributed by atoms with Crippen LogP contribution in [0.2, 0.25) is 0 Å². The van der Waals surface area contributed by atoms with Gasteiger partial charge in [-0.2, -0.15) is 0 Å². The Labute approximate surface area is 579 Å². The van der Waals surface area contributed by atoms with E-state index in [1.54, 1.807) is 0 Å². The SMILES string of the molecule is c1ccc(-c2ccc(N(c3ccccc3)c3ccc(-n4c5cccc6c5c5c7c(cccc7ccc54)-c4ccccc4-6)cc3)cc2)cc1.c1ccc(N(c2ccc(-c3ccc4ccccc4c3)cc2)c2ccc(-n3c4cccc5c4c4c6c(cccc6ccc43)-c3ccccc3-5)cc2)cc1. The van der Waals surface area contributed by atoms with Crippen LogP contribution in [0.5, 0.6) is 0 Å². The van der Waals surface area contributed by atoms with Gasteiger partial charge in [-0.05, 0) is 226 Å². The fraction of sp³-hybridized carbons (Fsp3) is 0. The van der Waals surface area contributed by atoms with Crippen molar-refractivity contribution in [1.82, 2.24) is 9.13 Å². The molecule has 2 aliphatic carbocycles. The average molecular weight is 1270 g/mol. The molecule has 0 bridgehead atoms. The van der Waals surface area contributed by atoms with Crippen LogP contribution in [0.3, 0.4) is 0 Å². The summed E-state index contributed by atoms with van der Waals surface area (Å²) in [7, 11) is 0. The second-order valence-electron chi connectivity index (χ2n) is 26.3. The molecule has 4 heteroatoms. The van der Waals surface area contributed by atoms with E-state index in [0.717, 1.165) is 45.5 Å². The van der Waals surface area contributed by atoms with Crippen LogP contribution >= 0.6 is 0 Å². The molecule has 100 heavy (non-hydrogen) atoms. The number of para-hydroxylation sites is 2. The molecule has 0 unspecified atom stereocenters. The summed E-state index contributed by atoms with van der Waals surface area (Å²) in [6, 6.07) is 137. The van der Waals surface area contributed by atoms with Crippen molar-refractivity contribution < 1.29 is 0 Å². The Kier molecular flexibility index (Phi) is 13.2. The minimum atomic E-state index is 1.11. The van der Waals surface area contributed by atoms with Crippen LogP contribution in [0.1, 0.15) is 0 Å². The smallest absolute Gasteiger partial charge is 0.0547 e. The molecule has 0 fully saturated rings. The average Bonchev–Trinajstić information content (AvgIpc) is 1.55. The summed E-state index contributed by atoms with van der Waals surface area (Å²) in [6.45, 7) is 0. The van der Waals surface area contributed by atoms with Crippen molar-refractivity contribution in [1.29, 1.82) is 0 Å². The molecule has 17 aromatic carbocycles. The van der Waals surface area contributed by atoms with E-state index < -0.39 is 0 Å². The number of hydrogen-bond donors (Lipinski definition) is 0. The normalized spacial score (nSPS) is 11.8. The summed E-state index contributed by atoms with van der Waals surface area (Å²) in [5, 5.41) is 13.0. The maximum absolute atomic E-state index is 2.45. The molecule has 19 aromatic rings. The molecule has 0 saturated carbocycles. The number of aromatic nitrogens is 2. The third-order valence-electron chi connectivity index (χ3n) is 20.8. The van der Waals surface area contributed by atoms with Gasteiger partial charge in [0.25, 0.3) is 0 Å². The van der Waals surface area contributed by atoms with Gasteiger partial charge in [0.15, 0.2) is 0 Å². The minimum absolute atomic E-state index is 1.11. The van der Waals surface area contributed by atoms with Crippen LogP contribution in [0.4, 0.5) is 34.1 Å². The predicted molar refractivity (Wildman–Crippen MR) is 423 cm³/mol. The van der Waals surface area contributed by atoms with E-state index in [-0.39, 0.29) is 0 Å². The Balaban J connectivity index is 0.000000135. The fourth-order valence-corrected chi connectivity index (χ4v) is 16.4. The Hall–Kier alpha value is -13.3. The van der Waals surface area contributed by atoms with Crippen molar-refractivity contribution in [2.75, 3.05) is 9.80 Å². The number of anilines is 6. The Morgan fingerprint density at radius 2 is 0.450 bits per heavy atom. The quantitative estimate of drug-likeness (QED) is 0.136. The van der Waals surface area contributed by atoms with Crippen molar-refractivity contribution >= 4 is 110 Å². The molecule has 2 aliphatic rings. The van der Waals surface area contributed by atoms with Gasteiger partial charge >= 0.3 is 0 Å². The topological polar surface area (TPSA) is 16.3 Å². The zero-order valence-electron chi connectivity index (χ0n) is 54.6. The lowest BCUT2D eigenvalue weighted by Crippen LogP contribution is -2.10. The second kappa shape index (κ2) is 23.2. The first-order chi connectivity index (χ1) is 49.6. The zero-order valence-corrected chi connectivity index (χ0v) is 54.6. The molecule has 2 aromatic heterocycles. The van der Waals surface area contributed by atoms with Crippen molar-refractivity contribution in [3.63, 3.8) is 0 Å². The van der Waals surface area contributed by atoms with Crippen LogP contribution in [-0.4, -0.2) is 9.13 Å². The van der Waals surface area contributed by atoms with E-state index in [1.165, 1.54) is 143 Å². The molecule has 0 N–H and O–H groups in total. The lowest BCUT2D eigenvalue weighted by molar-refractivity contribution is 1.17. The van der Waals surface area contributed by atoms with Gasteiger partial charge in [-0.3, -0.25) is 0 Å². The minimum Gasteiger partial charge on any atom is -0.311 e. The van der Waals surface area contributed by atoms with Gasteiger partial charge in [-0.25, -0.2) is 0 Å². The molecule has 2 heterocycles. The van der Waals surface area contributed by atoms with Crippen LogP contribution in [-0.2, 0) is 0 Å². The first kappa shape index (κ1) is 57.0. The Bertz CT molecular complexity index is 6410. The lowest BCUT2D eigenvalue weighted by Gasteiger charge is -2.26. The predicted octanol–water partition coefficient (Wildman–Crippen LogP) is 26.6. The highest BCUT2D eigenvalue weighted by Gasteiger charge is 2.27. The molecule has 466 valence electrons. The van der Waals surface area contributed by atoms with Gasteiger partial charge in [-0.1, -0.05) is 249 Å². The Morgan fingerprint density at radius 1 is 0.160 bits per heavy atom. The van der Waals surface area contributed by atoms with Gasteiger partial charge in [0.2, 0.25) is 0 Å². The summed E-state index contributed by atoms with van der Waals surface area (Å²) >= 11 is 0. The van der Waals surface area contributed by atoms with Crippen LogP contribution in [0, 0.1) is 0 Å². The van der Waals surface area contributed by atoms with Crippen molar-refractivity contribution in [2.45, 2.75) is 0 Å². The number of rotatable bonds is 10. The van der Waals surface area contributed by atoms with Gasteiger partial charge in [0.05, 0.1) is 22.1 Å². The van der Waals surface area contributed by atoms with E-state index in [2.05, 4.69) is 395 Å². The molecule has 0 atom stereocenters. The third kappa shape index (κ3) is 9.15. The van der Waals surface area contributed by atoms with Crippen molar-refractivity contribution in [2.24, 2.45) is 0 Å². The summed E-state index contributed by atoms with van der Waals surface area (Å²) in [5.74, 6) is 0. The maximum atomic E-state index is 2.45. The highest BCUT2D eigenvalue weighted by molar-refractivity contribution is 6.32. The van der Waals surface area contributed by atoms with Crippen molar-refractivity contribution in [3.05, 3.63) is 376 Å². The molecular formula is C96H62N4. The van der Waals surface area contributed by atoms with E-state index >= 15 is 0 Å².